The van der Waals surface area contributed by atoms with E-state index < -0.39 is 0 Å². The molecule has 0 aliphatic heterocycles. The maximum atomic E-state index is 4.75. The highest BCUT2D eigenvalue weighted by Gasteiger charge is 2.02. The number of fused-ring (bicyclic) bond motifs is 2. The van der Waals surface area contributed by atoms with Crippen molar-refractivity contribution in [2.24, 2.45) is 4.99 Å². The van der Waals surface area contributed by atoms with Crippen LogP contribution in [0.4, 0.5) is 0 Å². The van der Waals surface area contributed by atoms with Gasteiger partial charge in [-0.3, -0.25) is 4.99 Å². The van der Waals surface area contributed by atoms with E-state index in [9.17, 15) is 0 Å². The number of benzene rings is 2. The van der Waals surface area contributed by atoms with Crippen molar-refractivity contribution in [3.8, 4) is 0 Å². The Kier molecular flexibility index (Phi) is 3.33. The van der Waals surface area contributed by atoms with Gasteiger partial charge in [0, 0.05) is 33.0 Å². The van der Waals surface area contributed by atoms with E-state index in [1.165, 1.54) is 25.9 Å². The van der Waals surface area contributed by atoms with E-state index in [2.05, 4.69) is 59.7 Å². The SMILES string of the molecule is c1ccc2c(CCN=c3sc4ccccc4s3)c[nH]c2c1. The summed E-state index contributed by atoms with van der Waals surface area (Å²) in [6.07, 6.45) is 3.08. The fourth-order valence-corrected chi connectivity index (χ4v) is 4.77. The molecule has 1 N–H and O–H groups in total. The Morgan fingerprint density at radius 3 is 2.43 bits per heavy atom. The molecule has 0 fully saturated rings. The third-order valence-electron chi connectivity index (χ3n) is 3.54. The molecule has 0 amide bonds. The van der Waals surface area contributed by atoms with Gasteiger partial charge in [-0.05, 0) is 30.2 Å². The van der Waals surface area contributed by atoms with Gasteiger partial charge in [-0.2, -0.15) is 0 Å². The first kappa shape index (κ1) is 12.8. The molecule has 0 unspecified atom stereocenters. The van der Waals surface area contributed by atoms with E-state index in [0.717, 1.165) is 17.0 Å². The van der Waals surface area contributed by atoms with Gasteiger partial charge >= 0.3 is 0 Å². The van der Waals surface area contributed by atoms with E-state index >= 15 is 0 Å². The Labute approximate surface area is 130 Å². The van der Waals surface area contributed by atoms with E-state index in [1.54, 1.807) is 22.7 Å². The molecule has 2 aromatic heterocycles. The van der Waals surface area contributed by atoms with Crippen LogP contribution < -0.4 is 3.98 Å². The Bertz CT molecular complexity index is 923. The van der Waals surface area contributed by atoms with Gasteiger partial charge in [-0.1, -0.05) is 30.3 Å². The molecule has 0 bridgehead atoms. The van der Waals surface area contributed by atoms with E-state index in [-0.39, 0.29) is 0 Å². The number of H-pyrrole nitrogens is 1. The zero-order valence-electron chi connectivity index (χ0n) is 11.4. The molecule has 0 saturated heterocycles. The highest BCUT2D eigenvalue weighted by Crippen LogP contribution is 2.21. The van der Waals surface area contributed by atoms with Gasteiger partial charge in [0.1, 0.15) is 0 Å². The number of hydrogen-bond acceptors (Lipinski definition) is 3. The van der Waals surface area contributed by atoms with Gasteiger partial charge in [-0.15, -0.1) is 22.7 Å². The lowest BCUT2D eigenvalue weighted by atomic mass is 10.1. The Balaban J connectivity index is 1.58. The van der Waals surface area contributed by atoms with Crippen molar-refractivity contribution >= 4 is 43.0 Å². The van der Waals surface area contributed by atoms with Crippen LogP contribution in [0.2, 0.25) is 0 Å². The molecule has 4 aromatic rings. The lowest BCUT2D eigenvalue weighted by Crippen LogP contribution is -1.94. The highest BCUT2D eigenvalue weighted by molar-refractivity contribution is 7.35. The number of nitrogens with zero attached hydrogens (tertiary/aromatic N) is 1. The number of aromatic nitrogens is 1. The summed E-state index contributed by atoms with van der Waals surface area (Å²) in [5, 5.41) is 1.31. The third kappa shape index (κ3) is 2.52. The maximum Gasteiger partial charge on any atom is 0.167 e. The summed E-state index contributed by atoms with van der Waals surface area (Å²) >= 11 is 3.56. The average molecular weight is 310 g/mol. The summed E-state index contributed by atoms with van der Waals surface area (Å²) < 4.78 is 3.82. The summed E-state index contributed by atoms with van der Waals surface area (Å²) in [6.45, 7) is 0.838. The second-order valence-corrected chi connectivity index (χ2v) is 7.23. The predicted molar refractivity (Wildman–Crippen MR) is 92.1 cm³/mol. The van der Waals surface area contributed by atoms with Gasteiger partial charge in [0.05, 0.1) is 0 Å². The first-order valence-electron chi connectivity index (χ1n) is 6.94. The van der Waals surface area contributed by atoms with Gasteiger partial charge in [0.2, 0.25) is 0 Å². The molecule has 0 saturated carbocycles. The zero-order valence-corrected chi connectivity index (χ0v) is 13.0. The number of para-hydroxylation sites is 1. The van der Waals surface area contributed by atoms with E-state index in [4.69, 9.17) is 4.99 Å². The summed E-state index contributed by atoms with van der Waals surface area (Å²) in [5.74, 6) is 0. The number of rotatable bonds is 3. The highest BCUT2D eigenvalue weighted by atomic mass is 32.2. The molecule has 104 valence electrons. The van der Waals surface area contributed by atoms with Crippen molar-refractivity contribution < 1.29 is 0 Å². The molecule has 0 aliphatic rings. The van der Waals surface area contributed by atoms with E-state index in [1.807, 2.05) is 0 Å². The van der Waals surface area contributed by atoms with Crippen LogP contribution in [0, 0.1) is 0 Å². The molecule has 21 heavy (non-hydrogen) atoms. The Morgan fingerprint density at radius 2 is 1.62 bits per heavy atom. The lowest BCUT2D eigenvalue weighted by Gasteiger charge is -1.94. The third-order valence-corrected chi connectivity index (χ3v) is 5.93. The second kappa shape index (κ2) is 5.47. The van der Waals surface area contributed by atoms with Crippen molar-refractivity contribution in [2.75, 3.05) is 6.54 Å². The minimum Gasteiger partial charge on any atom is -0.361 e. The fourth-order valence-electron chi connectivity index (χ4n) is 2.50. The Morgan fingerprint density at radius 1 is 0.905 bits per heavy atom. The molecule has 4 heteroatoms. The molecule has 2 heterocycles. The van der Waals surface area contributed by atoms with Gasteiger partial charge in [0.25, 0.3) is 0 Å². The van der Waals surface area contributed by atoms with Crippen molar-refractivity contribution in [2.45, 2.75) is 6.42 Å². The van der Waals surface area contributed by atoms with Gasteiger partial charge < -0.3 is 4.98 Å². The number of aromatic amines is 1. The van der Waals surface area contributed by atoms with Gasteiger partial charge in [0.15, 0.2) is 3.98 Å². The van der Waals surface area contributed by atoms with E-state index in [0.29, 0.717) is 0 Å². The van der Waals surface area contributed by atoms with Crippen LogP contribution >= 0.6 is 22.7 Å². The first-order valence-corrected chi connectivity index (χ1v) is 8.57. The molecular weight excluding hydrogens is 296 g/mol. The van der Waals surface area contributed by atoms with Crippen LogP contribution in [0.3, 0.4) is 0 Å². The topological polar surface area (TPSA) is 28.1 Å². The van der Waals surface area contributed by atoms with Crippen molar-refractivity contribution in [1.82, 2.24) is 4.98 Å². The summed E-state index contributed by atoms with van der Waals surface area (Å²) in [5.41, 5.74) is 2.55. The minimum atomic E-state index is 0.838. The summed E-state index contributed by atoms with van der Waals surface area (Å²) in [7, 11) is 0. The standard InChI is InChI=1S/C17H14N2S2/c1-2-6-14-13(5-1)12(11-19-14)9-10-18-17-20-15-7-3-4-8-16(15)21-17/h1-8,11,19H,9-10H2. The van der Waals surface area contributed by atoms with Crippen LogP contribution in [-0.2, 0) is 6.42 Å². The second-order valence-electron chi connectivity index (χ2n) is 4.91. The number of hydrogen-bond donors (Lipinski definition) is 1. The van der Waals surface area contributed by atoms with Crippen molar-refractivity contribution in [1.29, 1.82) is 0 Å². The molecule has 0 radical (unpaired) electrons. The smallest absolute Gasteiger partial charge is 0.167 e. The fraction of sp³-hybridized carbons (Fsp3) is 0.118. The largest absolute Gasteiger partial charge is 0.361 e. The molecule has 0 atom stereocenters. The molecule has 4 rings (SSSR count). The summed E-state index contributed by atoms with van der Waals surface area (Å²) in [6, 6.07) is 16.9. The molecular formula is C17H14N2S2. The Hall–Kier alpha value is -1.91. The molecule has 0 spiro atoms. The van der Waals surface area contributed by atoms with Crippen LogP contribution in [0.5, 0.6) is 0 Å². The number of nitrogens with one attached hydrogen (secondary N) is 1. The average Bonchev–Trinajstić information content (AvgIpc) is 3.11. The van der Waals surface area contributed by atoms with Crippen molar-refractivity contribution in [3.05, 3.63) is 64.3 Å². The molecule has 2 aromatic carbocycles. The zero-order chi connectivity index (χ0) is 14.1. The quantitative estimate of drug-likeness (QED) is 0.573. The summed E-state index contributed by atoms with van der Waals surface area (Å²) in [4.78, 5) is 8.07. The van der Waals surface area contributed by atoms with Crippen LogP contribution in [0.1, 0.15) is 5.56 Å². The molecule has 2 nitrogen and oxygen atoms in total. The lowest BCUT2D eigenvalue weighted by molar-refractivity contribution is 0.956. The molecule has 0 aliphatic carbocycles. The van der Waals surface area contributed by atoms with Crippen LogP contribution in [0.25, 0.3) is 20.3 Å². The first-order chi connectivity index (χ1) is 10.4. The monoisotopic (exact) mass is 310 g/mol. The maximum absolute atomic E-state index is 4.75. The van der Waals surface area contributed by atoms with Crippen LogP contribution in [0.15, 0.2) is 59.7 Å². The normalized spacial score (nSPS) is 11.2. The van der Waals surface area contributed by atoms with Gasteiger partial charge in [-0.25, -0.2) is 0 Å². The van der Waals surface area contributed by atoms with Crippen molar-refractivity contribution in [3.63, 3.8) is 0 Å². The predicted octanol–water partition coefficient (Wildman–Crippen LogP) is 4.59. The minimum absolute atomic E-state index is 0.838. The van der Waals surface area contributed by atoms with Crippen LogP contribution in [-0.4, -0.2) is 11.5 Å².